The van der Waals surface area contributed by atoms with Gasteiger partial charge in [0, 0.05) is 22.4 Å². The zero-order chi connectivity index (χ0) is 13.7. The van der Waals surface area contributed by atoms with E-state index in [0.29, 0.717) is 19.8 Å². The molecule has 0 aromatic carbocycles. The first-order valence-corrected chi connectivity index (χ1v) is 6.82. The van der Waals surface area contributed by atoms with Crippen LogP contribution >= 0.6 is 11.3 Å². The highest BCUT2D eigenvalue weighted by Gasteiger charge is 2.22. The zero-order valence-electron chi connectivity index (χ0n) is 10.3. The van der Waals surface area contributed by atoms with Gasteiger partial charge in [0.15, 0.2) is 0 Å². The second-order valence-corrected chi connectivity index (χ2v) is 5.45. The van der Waals surface area contributed by atoms with E-state index in [-0.39, 0.29) is 11.8 Å². The van der Waals surface area contributed by atoms with Gasteiger partial charge in [-0.05, 0) is 24.6 Å². The summed E-state index contributed by atoms with van der Waals surface area (Å²) in [6.45, 7) is 1.63. The number of thiophene rings is 1. The van der Waals surface area contributed by atoms with Crippen molar-refractivity contribution in [1.29, 1.82) is 0 Å². The maximum Gasteiger partial charge on any atom is 0.328 e. The molecular formula is C13H15NO4S. The molecule has 1 aromatic rings. The van der Waals surface area contributed by atoms with Crippen LogP contribution in [0.1, 0.15) is 16.2 Å². The molecule has 1 unspecified atom stereocenters. The molecule has 2 N–H and O–H groups in total. The molecule has 1 atom stereocenters. The number of carboxylic acids is 1. The quantitative estimate of drug-likeness (QED) is 0.802. The van der Waals surface area contributed by atoms with Crippen molar-refractivity contribution in [2.45, 2.75) is 13.0 Å². The van der Waals surface area contributed by atoms with Crippen molar-refractivity contribution in [2.24, 2.45) is 5.92 Å². The van der Waals surface area contributed by atoms with Gasteiger partial charge in [-0.15, -0.1) is 11.3 Å². The molecule has 1 aromatic heterocycles. The van der Waals surface area contributed by atoms with Gasteiger partial charge in [0.25, 0.3) is 0 Å². The fraction of sp³-hybridized carbons (Fsp3) is 0.385. The SMILES string of the molecule is O=C(O)C=Cc1ccc(CNC(=O)C2CCOC2)s1. The summed E-state index contributed by atoms with van der Waals surface area (Å²) in [5, 5.41) is 11.4. The molecule has 0 saturated carbocycles. The van der Waals surface area contributed by atoms with Gasteiger partial charge in [-0.2, -0.15) is 0 Å². The van der Waals surface area contributed by atoms with E-state index in [0.717, 1.165) is 22.3 Å². The number of carboxylic acid groups (broad SMARTS) is 1. The predicted octanol–water partition coefficient (Wildman–Crippen LogP) is 1.50. The van der Waals surface area contributed by atoms with Gasteiger partial charge in [-0.25, -0.2) is 4.79 Å². The molecule has 1 fully saturated rings. The maximum absolute atomic E-state index is 11.8. The molecule has 0 spiro atoms. The van der Waals surface area contributed by atoms with Gasteiger partial charge in [0.05, 0.1) is 19.1 Å². The average Bonchev–Trinajstić information content (AvgIpc) is 3.04. The molecule has 19 heavy (non-hydrogen) atoms. The van der Waals surface area contributed by atoms with Crippen LogP contribution in [0.25, 0.3) is 6.08 Å². The number of amides is 1. The lowest BCUT2D eigenvalue weighted by Crippen LogP contribution is -2.30. The van der Waals surface area contributed by atoms with Gasteiger partial charge in [-0.1, -0.05) is 0 Å². The lowest BCUT2D eigenvalue weighted by atomic mass is 10.1. The Morgan fingerprint density at radius 3 is 3.05 bits per heavy atom. The second kappa shape index (κ2) is 6.49. The van der Waals surface area contributed by atoms with Crippen molar-refractivity contribution in [1.82, 2.24) is 5.32 Å². The minimum absolute atomic E-state index is 0.0218. The number of hydrogen-bond donors (Lipinski definition) is 2. The molecule has 5 nitrogen and oxygen atoms in total. The normalized spacial score (nSPS) is 18.8. The largest absolute Gasteiger partial charge is 0.478 e. The van der Waals surface area contributed by atoms with Gasteiger partial charge in [0.1, 0.15) is 0 Å². The highest BCUT2D eigenvalue weighted by Crippen LogP contribution is 2.18. The first-order chi connectivity index (χ1) is 9.15. The number of rotatable bonds is 5. The molecule has 1 saturated heterocycles. The Morgan fingerprint density at radius 1 is 1.53 bits per heavy atom. The van der Waals surface area contributed by atoms with Gasteiger partial charge >= 0.3 is 5.97 Å². The van der Waals surface area contributed by atoms with E-state index < -0.39 is 5.97 Å². The molecule has 6 heteroatoms. The molecule has 2 rings (SSSR count). The molecule has 1 aliphatic rings. The molecule has 0 bridgehead atoms. The van der Waals surface area contributed by atoms with E-state index in [9.17, 15) is 9.59 Å². The first-order valence-electron chi connectivity index (χ1n) is 6.00. The molecule has 1 amide bonds. The van der Waals surface area contributed by atoms with Crippen LogP contribution in [-0.2, 0) is 20.9 Å². The molecule has 102 valence electrons. The number of carbonyl (C=O) groups is 2. The highest BCUT2D eigenvalue weighted by atomic mass is 32.1. The predicted molar refractivity (Wildman–Crippen MR) is 71.8 cm³/mol. The van der Waals surface area contributed by atoms with Gasteiger partial charge < -0.3 is 15.2 Å². The van der Waals surface area contributed by atoms with Crippen molar-refractivity contribution < 1.29 is 19.4 Å². The summed E-state index contributed by atoms with van der Waals surface area (Å²) in [7, 11) is 0. The summed E-state index contributed by atoms with van der Waals surface area (Å²) >= 11 is 1.46. The van der Waals surface area contributed by atoms with Crippen molar-refractivity contribution in [2.75, 3.05) is 13.2 Å². The van der Waals surface area contributed by atoms with Crippen molar-refractivity contribution in [3.8, 4) is 0 Å². The Hall–Kier alpha value is -1.66. The number of ether oxygens (including phenoxy) is 1. The van der Waals surface area contributed by atoms with Gasteiger partial charge in [-0.3, -0.25) is 4.79 Å². The van der Waals surface area contributed by atoms with Crippen molar-refractivity contribution in [3.63, 3.8) is 0 Å². The molecule has 1 aliphatic heterocycles. The van der Waals surface area contributed by atoms with Crippen LogP contribution < -0.4 is 5.32 Å². The van der Waals surface area contributed by atoms with E-state index in [4.69, 9.17) is 9.84 Å². The Bertz CT molecular complexity index is 489. The summed E-state index contributed by atoms with van der Waals surface area (Å²) in [5.74, 6) is -0.982. The third-order valence-electron chi connectivity index (χ3n) is 2.81. The fourth-order valence-corrected chi connectivity index (χ4v) is 2.65. The molecule has 2 heterocycles. The van der Waals surface area contributed by atoms with E-state index in [1.54, 1.807) is 6.08 Å². The Balaban J connectivity index is 1.82. The summed E-state index contributed by atoms with van der Waals surface area (Å²) in [5.41, 5.74) is 0. The van der Waals surface area contributed by atoms with Crippen LogP contribution in [0, 0.1) is 5.92 Å². The zero-order valence-corrected chi connectivity index (χ0v) is 11.1. The van der Waals surface area contributed by atoms with Crippen LogP contribution in [0.15, 0.2) is 18.2 Å². The standard InChI is InChI=1S/C13H15NO4S/c15-12(16)4-3-10-1-2-11(19-10)7-14-13(17)9-5-6-18-8-9/h1-4,9H,5-8H2,(H,14,17)(H,15,16). The highest BCUT2D eigenvalue weighted by molar-refractivity contribution is 7.12. The summed E-state index contributed by atoms with van der Waals surface area (Å²) in [4.78, 5) is 24.0. The fourth-order valence-electron chi connectivity index (χ4n) is 1.79. The Labute approximate surface area is 114 Å². The van der Waals surface area contributed by atoms with Crippen LogP contribution in [0.4, 0.5) is 0 Å². The minimum atomic E-state index is -0.968. The Kier molecular flexibility index (Phi) is 4.70. The Morgan fingerprint density at radius 2 is 2.37 bits per heavy atom. The van der Waals surface area contributed by atoms with Crippen LogP contribution in [-0.4, -0.2) is 30.2 Å². The lowest BCUT2D eigenvalue weighted by Gasteiger charge is -2.07. The molecular weight excluding hydrogens is 266 g/mol. The van der Waals surface area contributed by atoms with Crippen LogP contribution in [0.2, 0.25) is 0 Å². The van der Waals surface area contributed by atoms with E-state index in [2.05, 4.69) is 5.32 Å². The molecule has 0 aliphatic carbocycles. The smallest absolute Gasteiger partial charge is 0.328 e. The van der Waals surface area contributed by atoms with E-state index >= 15 is 0 Å². The number of carbonyl (C=O) groups excluding carboxylic acids is 1. The third kappa shape index (κ3) is 4.18. The number of aliphatic carboxylic acids is 1. The van der Waals surface area contributed by atoms with Gasteiger partial charge in [0.2, 0.25) is 5.91 Å². The van der Waals surface area contributed by atoms with E-state index in [1.165, 1.54) is 11.3 Å². The summed E-state index contributed by atoms with van der Waals surface area (Å²) in [6.07, 6.45) is 3.43. The summed E-state index contributed by atoms with van der Waals surface area (Å²) < 4.78 is 5.17. The van der Waals surface area contributed by atoms with Crippen molar-refractivity contribution in [3.05, 3.63) is 28.0 Å². The van der Waals surface area contributed by atoms with Crippen LogP contribution in [0.3, 0.4) is 0 Å². The lowest BCUT2D eigenvalue weighted by molar-refractivity contribution is -0.131. The third-order valence-corrected chi connectivity index (χ3v) is 3.86. The molecule has 0 radical (unpaired) electrons. The van der Waals surface area contributed by atoms with E-state index in [1.807, 2.05) is 12.1 Å². The first kappa shape index (κ1) is 13.8. The second-order valence-electron chi connectivity index (χ2n) is 4.25. The average molecular weight is 281 g/mol. The number of nitrogens with one attached hydrogen (secondary N) is 1. The van der Waals surface area contributed by atoms with Crippen LogP contribution in [0.5, 0.6) is 0 Å². The minimum Gasteiger partial charge on any atom is -0.478 e. The van der Waals surface area contributed by atoms with Crippen molar-refractivity contribution >= 4 is 29.3 Å². The summed E-state index contributed by atoms with van der Waals surface area (Å²) in [6, 6.07) is 3.72. The monoisotopic (exact) mass is 281 g/mol. The topological polar surface area (TPSA) is 75.6 Å². The maximum atomic E-state index is 11.8. The number of hydrogen-bond acceptors (Lipinski definition) is 4.